The predicted molar refractivity (Wildman–Crippen MR) is 121 cm³/mol. The van der Waals surface area contributed by atoms with Crippen LogP contribution >= 0.6 is 12.2 Å². The van der Waals surface area contributed by atoms with E-state index < -0.39 is 16.6 Å². The molecule has 1 amide bonds. The van der Waals surface area contributed by atoms with Gasteiger partial charge in [-0.05, 0) is 55.5 Å². The van der Waals surface area contributed by atoms with Crippen molar-refractivity contribution in [1.29, 1.82) is 0 Å². The molecule has 160 valence electrons. The summed E-state index contributed by atoms with van der Waals surface area (Å²) in [5.74, 6) is -0.877. The lowest BCUT2D eigenvalue weighted by molar-refractivity contribution is -0.385. The zero-order valence-electron chi connectivity index (χ0n) is 16.6. The van der Waals surface area contributed by atoms with E-state index in [1.807, 2.05) is 0 Å². The second kappa shape index (κ2) is 8.52. The molecule has 0 atom stereocenters. The van der Waals surface area contributed by atoms with Crippen LogP contribution in [0.3, 0.4) is 0 Å². The minimum absolute atomic E-state index is 0.00178. The number of halogens is 1. The van der Waals surface area contributed by atoms with Gasteiger partial charge in [0, 0.05) is 22.9 Å². The largest absolute Gasteiger partial charge is 0.436 e. The Morgan fingerprint density at radius 2 is 1.94 bits per heavy atom. The Bertz CT molecular complexity index is 1390. The van der Waals surface area contributed by atoms with Crippen LogP contribution in [-0.2, 0) is 0 Å². The van der Waals surface area contributed by atoms with Gasteiger partial charge in [0.15, 0.2) is 10.7 Å². The normalized spacial score (nSPS) is 10.7. The topological polar surface area (TPSA) is 110 Å². The molecule has 0 spiro atoms. The molecule has 32 heavy (non-hydrogen) atoms. The van der Waals surface area contributed by atoms with Crippen molar-refractivity contribution in [2.75, 3.05) is 5.32 Å². The van der Waals surface area contributed by atoms with E-state index in [0.29, 0.717) is 16.8 Å². The van der Waals surface area contributed by atoms with Gasteiger partial charge in [0.25, 0.3) is 11.6 Å². The maximum Gasteiger partial charge on any atom is 0.273 e. The lowest BCUT2D eigenvalue weighted by Crippen LogP contribution is -2.34. The molecule has 0 aliphatic rings. The summed E-state index contributed by atoms with van der Waals surface area (Å²) in [7, 11) is 0. The molecular weight excluding hydrogens is 435 g/mol. The number of thiocarbonyl (C=S) groups is 1. The molecule has 4 rings (SSSR count). The molecular formula is C22H15FN4O4S. The molecule has 0 aliphatic heterocycles. The quantitative estimate of drug-likeness (QED) is 0.256. The number of nitrogens with zero attached hydrogens (tertiary/aromatic N) is 2. The van der Waals surface area contributed by atoms with E-state index in [1.165, 1.54) is 31.2 Å². The van der Waals surface area contributed by atoms with Crippen LogP contribution in [0.1, 0.15) is 15.9 Å². The lowest BCUT2D eigenvalue weighted by Gasteiger charge is -2.11. The van der Waals surface area contributed by atoms with Crippen molar-refractivity contribution < 1.29 is 18.5 Å². The summed E-state index contributed by atoms with van der Waals surface area (Å²) >= 11 is 5.19. The second-order valence-corrected chi connectivity index (χ2v) is 7.20. The second-order valence-electron chi connectivity index (χ2n) is 6.80. The molecule has 10 heteroatoms. The summed E-state index contributed by atoms with van der Waals surface area (Å²) in [6.45, 7) is 1.50. The fourth-order valence-corrected chi connectivity index (χ4v) is 3.37. The Morgan fingerprint density at radius 3 is 2.69 bits per heavy atom. The van der Waals surface area contributed by atoms with Gasteiger partial charge in [0.2, 0.25) is 5.89 Å². The molecule has 0 saturated heterocycles. The fraction of sp³-hybridized carbons (Fsp3) is 0.0455. The highest BCUT2D eigenvalue weighted by Crippen LogP contribution is 2.28. The van der Waals surface area contributed by atoms with Crippen LogP contribution in [0.25, 0.3) is 22.6 Å². The van der Waals surface area contributed by atoms with Gasteiger partial charge in [-0.2, -0.15) is 0 Å². The number of fused-ring (bicyclic) bond motifs is 1. The standard InChI is InChI=1S/C22H15FN4O4S/c1-12-14(6-4-8-18(12)27(29)30)20(28)26-22(32)24-13-9-10-19-17(11-13)25-21(31-19)15-5-2-3-7-16(15)23/h2-11H,1H3,(H2,24,26,28,32). The number of carbonyl (C=O) groups excluding carboxylic acids is 1. The van der Waals surface area contributed by atoms with Gasteiger partial charge in [0.1, 0.15) is 11.3 Å². The van der Waals surface area contributed by atoms with Gasteiger partial charge in [-0.1, -0.05) is 18.2 Å². The van der Waals surface area contributed by atoms with Gasteiger partial charge in [-0.25, -0.2) is 9.37 Å². The molecule has 0 fully saturated rings. The number of hydrogen-bond donors (Lipinski definition) is 2. The number of nitrogens with one attached hydrogen (secondary N) is 2. The van der Waals surface area contributed by atoms with Crippen LogP contribution in [0.15, 0.2) is 65.1 Å². The summed E-state index contributed by atoms with van der Waals surface area (Å²) in [5.41, 5.74) is 1.92. The monoisotopic (exact) mass is 450 g/mol. The number of rotatable bonds is 4. The van der Waals surface area contributed by atoms with Gasteiger partial charge < -0.3 is 9.73 Å². The Morgan fingerprint density at radius 1 is 1.16 bits per heavy atom. The van der Waals surface area contributed by atoms with Crippen LogP contribution in [0.5, 0.6) is 0 Å². The first-order valence-electron chi connectivity index (χ1n) is 9.35. The van der Waals surface area contributed by atoms with E-state index in [9.17, 15) is 19.3 Å². The first kappa shape index (κ1) is 21.1. The van der Waals surface area contributed by atoms with Crippen molar-refractivity contribution in [2.24, 2.45) is 0 Å². The third-order valence-electron chi connectivity index (χ3n) is 4.72. The molecule has 0 bridgehead atoms. The number of benzene rings is 3. The molecule has 0 saturated carbocycles. The molecule has 3 aromatic carbocycles. The van der Waals surface area contributed by atoms with Crippen LogP contribution < -0.4 is 10.6 Å². The highest BCUT2D eigenvalue weighted by atomic mass is 32.1. The number of nitro benzene ring substituents is 1. The SMILES string of the molecule is Cc1c(C(=O)NC(=S)Nc2ccc3oc(-c4ccccc4F)nc3c2)cccc1[N+](=O)[O-]. The number of oxazole rings is 1. The zero-order chi connectivity index (χ0) is 22.8. The first-order chi connectivity index (χ1) is 15.3. The number of anilines is 1. The molecule has 1 aromatic heterocycles. The zero-order valence-corrected chi connectivity index (χ0v) is 17.4. The van der Waals surface area contributed by atoms with E-state index in [1.54, 1.807) is 36.4 Å². The number of aromatic nitrogens is 1. The van der Waals surface area contributed by atoms with Gasteiger partial charge in [-0.3, -0.25) is 20.2 Å². The first-order valence-corrected chi connectivity index (χ1v) is 9.76. The molecule has 0 radical (unpaired) electrons. The van der Waals surface area contributed by atoms with Crippen LogP contribution in [-0.4, -0.2) is 20.9 Å². The highest BCUT2D eigenvalue weighted by Gasteiger charge is 2.19. The average molecular weight is 450 g/mol. The van der Waals surface area contributed by atoms with Crippen LogP contribution in [0, 0.1) is 22.9 Å². The fourth-order valence-electron chi connectivity index (χ4n) is 3.16. The third-order valence-corrected chi connectivity index (χ3v) is 4.93. The summed E-state index contributed by atoms with van der Waals surface area (Å²) in [5, 5.41) is 16.4. The van der Waals surface area contributed by atoms with Crippen LogP contribution in [0.2, 0.25) is 0 Å². The number of carbonyl (C=O) groups is 1. The lowest BCUT2D eigenvalue weighted by atomic mass is 10.1. The van der Waals surface area contributed by atoms with Gasteiger partial charge in [0.05, 0.1) is 10.5 Å². The molecule has 0 unspecified atom stereocenters. The van der Waals surface area contributed by atoms with Crippen molar-refractivity contribution in [3.8, 4) is 11.5 Å². The van der Waals surface area contributed by atoms with E-state index in [2.05, 4.69) is 15.6 Å². The minimum Gasteiger partial charge on any atom is -0.436 e. The summed E-state index contributed by atoms with van der Waals surface area (Å²) in [6, 6.07) is 15.3. The van der Waals surface area contributed by atoms with E-state index in [-0.39, 0.29) is 33.4 Å². The Hall–Kier alpha value is -4.18. The molecule has 1 heterocycles. The van der Waals surface area contributed by atoms with Crippen molar-refractivity contribution in [2.45, 2.75) is 6.92 Å². The number of nitro groups is 1. The molecule has 0 aliphatic carbocycles. The van der Waals surface area contributed by atoms with Gasteiger partial charge >= 0.3 is 0 Å². The van der Waals surface area contributed by atoms with E-state index in [0.717, 1.165) is 0 Å². The van der Waals surface area contributed by atoms with Crippen molar-refractivity contribution >= 4 is 45.7 Å². The van der Waals surface area contributed by atoms with Crippen molar-refractivity contribution in [3.05, 3.63) is 87.7 Å². The van der Waals surface area contributed by atoms with Crippen LogP contribution in [0.4, 0.5) is 15.8 Å². The van der Waals surface area contributed by atoms with Gasteiger partial charge in [-0.15, -0.1) is 0 Å². The third kappa shape index (κ3) is 4.16. The molecule has 2 N–H and O–H groups in total. The minimum atomic E-state index is -0.576. The van der Waals surface area contributed by atoms with Crippen molar-refractivity contribution in [3.63, 3.8) is 0 Å². The number of amides is 1. The maximum atomic E-state index is 14.0. The smallest absolute Gasteiger partial charge is 0.273 e. The highest BCUT2D eigenvalue weighted by molar-refractivity contribution is 7.80. The average Bonchev–Trinajstić information content (AvgIpc) is 3.17. The van der Waals surface area contributed by atoms with Crippen molar-refractivity contribution in [1.82, 2.24) is 10.3 Å². The predicted octanol–water partition coefficient (Wildman–Crippen LogP) is 4.98. The Kier molecular flexibility index (Phi) is 5.61. The molecule has 8 nitrogen and oxygen atoms in total. The van der Waals surface area contributed by atoms with E-state index >= 15 is 0 Å². The Balaban J connectivity index is 1.50. The summed E-state index contributed by atoms with van der Waals surface area (Å²) in [4.78, 5) is 27.4. The maximum absolute atomic E-state index is 14.0. The van der Waals surface area contributed by atoms with E-state index in [4.69, 9.17) is 16.6 Å². The summed E-state index contributed by atoms with van der Waals surface area (Å²) < 4.78 is 19.6. The Labute approximate surface area is 186 Å². The summed E-state index contributed by atoms with van der Waals surface area (Å²) in [6.07, 6.45) is 0. The number of hydrogen-bond acceptors (Lipinski definition) is 6. The molecule has 4 aromatic rings.